The van der Waals surface area contributed by atoms with Crippen molar-refractivity contribution in [3.05, 3.63) is 53.6 Å². The van der Waals surface area contributed by atoms with Crippen LogP contribution in [0.1, 0.15) is 56.4 Å². The number of hydrogen-bond acceptors (Lipinski definition) is 1. The molecule has 0 saturated heterocycles. The average Bonchev–Trinajstić information content (AvgIpc) is 3.49. The van der Waals surface area contributed by atoms with Crippen LogP contribution in [0.4, 0.5) is 8.78 Å². The summed E-state index contributed by atoms with van der Waals surface area (Å²) in [5.74, 6) is 1.22. The van der Waals surface area contributed by atoms with Crippen molar-refractivity contribution in [2.45, 2.75) is 50.9 Å². The smallest absolute Gasteiger partial charge is 0.166 e. The van der Waals surface area contributed by atoms with Crippen LogP contribution in [0.25, 0.3) is 11.1 Å². The van der Waals surface area contributed by atoms with E-state index in [0.29, 0.717) is 22.4 Å². The second-order valence-electron chi connectivity index (χ2n) is 7.96. The van der Waals surface area contributed by atoms with E-state index in [1.54, 1.807) is 43.5 Å². The van der Waals surface area contributed by atoms with Crippen molar-refractivity contribution < 1.29 is 13.5 Å². The van der Waals surface area contributed by atoms with E-state index in [0.717, 1.165) is 37.5 Å². The third kappa shape index (κ3) is 3.62. The van der Waals surface area contributed by atoms with E-state index in [4.69, 9.17) is 4.74 Å². The molecular weight excluding hydrogens is 330 g/mol. The fourth-order valence-electron chi connectivity index (χ4n) is 4.41. The van der Waals surface area contributed by atoms with Crippen LogP contribution < -0.4 is 4.74 Å². The molecule has 0 heterocycles. The highest BCUT2D eigenvalue weighted by atomic mass is 19.2. The van der Waals surface area contributed by atoms with Gasteiger partial charge in [-0.2, -0.15) is 0 Å². The van der Waals surface area contributed by atoms with E-state index in [1.165, 1.54) is 19.3 Å². The van der Waals surface area contributed by atoms with Gasteiger partial charge in [-0.3, -0.25) is 0 Å². The van der Waals surface area contributed by atoms with Crippen LogP contribution in [-0.2, 0) is 0 Å². The van der Waals surface area contributed by atoms with Gasteiger partial charge < -0.3 is 4.74 Å². The fourth-order valence-corrected chi connectivity index (χ4v) is 4.41. The Morgan fingerprint density at radius 1 is 0.808 bits per heavy atom. The molecule has 0 aromatic heterocycles. The SMILES string of the molecule is COc1ccc(-c2ccc(C3CCC(CC4CC4)CC3)c(F)c2F)cc1. The van der Waals surface area contributed by atoms with Crippen LogP contribution in [0.2, 0.25) is 0 Å². The van der Waals surface area contributed by atoms with Gasteiger partial charge in [0.05, 0.1) is 7.11 Å². The van der Waals surface area contributed by atoms with Gasteiger partial charge in [0.2, 0.25) is 0 Å². The molecule has 0 atom stereocenters. The zero-order valence-corrected chi connectivity index (χ0v) is 15.3. The Morgan fingerprint density at radius 3 is 2.00 bits per heavy atom. The third-order valence-electron chi connectivity index (χ3n) is 6.16. The van der Waals surface area contributed by atoms with Gasteiger partial charge in [0, 0.05) is 5.56 Å². The first-order valence-corrected chi connectivity index (χ1v) is 9.78. The van der Waals surface area contributed by atoms with E-state index < -0.39 is 11.6 Å². The summed E-state index contributed by atoms with van der Waals surface area (Å²) in [6.07, 6.45) is 8.41. The number of hydrogen-bond donors (Lipinski definition) is 0. The van der Waals surface area contributed by atoms with E-state index in [-0.39, 0.29) is 5.92 Å². The topological polar surface area (TPSA) is 9.23 Å². The van der Waals surface area contributed by atoms with E-state index in [2.05, 4.69) is 0 Å². The van der Waals surface area contributed by atoms with E-state index in [9.17, 15) is 8.78 Å². The Morgan fingerprint density at radius 2 is 1.42 bits per heavy atom. The molecule has 0 aliphatic heterocycles. The van der Waals surface area contributed by atoms with Crippen molar-refractivity contribution in [3.8, 4) is 16.9 Å². The van der Waals surface area contributed by atoms with Crippen molar-refractivity contribution in [1.82, 2.24) is 0 Å². The first kappa shape index (κ1) is 17.5. The minimum absolute atomic E-state index is 0.157. The summed E-state index contributed by atoms with van der Waals surface area (Å²) in [6.45, 7) is 0. The second kappa shape index (κ2) is 7.38. The molecule has 0 spiro atoms. The molecule has 0 radical (unpaired) electrons. The zero-order valence-electron chi connectivity index (χ0n) is 15.3. The molecule has 2 saturated carbocycles. The van der Waals surface area contributed by atoms with Crippen LogP contribution in [0, 0.1) is 23.5 Å². The molecule has 138 valence electrons. The van der Waals surface area contributed by atoms with Gasteiger partial charge >= 0.3 is 0 Å². The Balaban J connectivity index is 1.50. The van der Waals surface area contributed by atoms with Crippen molar-refractivity contribution in [1.29, 1.82) is 0 Å². The summed E-state index contributed by atoms with van der Waals surface area (Å²) in [5, 5.41) is 0. The van der Waals surface area contributed by atoms with Gasteiger partial charge in [-0.1, -0.05) is 37.1 Å². The van der Waals surface area contributed by atoms with Crippen molar-refractivity contribution in [2.75, 3.05) is 7.11 Å². The minimum atomic E-state index is -0.729. The van der Waals surface area contributed by atoms with Crippen LogP contribution in [0.3, 0.4) is 0 Å². The minimum Gasteiger partial charge on any atom is -0.497 e. The molecule has 26 heavy (non-hydrogen) atoms. The molecule has 0 bridgehead atoms. The number of benzene rings is 2. The average molecular weight is 356 g/mol. The molecule has 2 aromatic rings. The first-order chi connectivity index (χ1) is 12.7. The van der Waals surface area contributed by atoms with Crippen LogP contribution in [0.5, 0.6) is 5.75 Å². The largest absolute Gasteiger partial charge is 0.497 e. The lowest BCUT2D eigenvalue weighted by Crippen LogP contribution is -2.15. The van der Waals surface area contributed by atoms with E-state index >= 15 is 0 Å². The number of rotatable bonds is 5. The molecule has 2 aliphatic rings. The maximum Gasteiger partial charge on any atom is 0.166 e. The number of ether oxygens (including phenoxy) is 1. The van der Waals surface area contributed by atoms with Gasteiger partial charge in [-0.25, -0.2) is 8.78 Å². The lowest BCUT2D eigenvalue weighted by Gasteiger charge is -2.29. The molecule has 3 heteroatoms. The Hall–Kier alpha value is -1.90. The lowest BCUT2D eigenvalue weighted by molar-refractivity contribution is 0.294. The summed E-state index contributed by atoms with van der Waals surface area (Å²) in [7, 11) is 1.59. The summed E-state index contributed by atoms with van der Waals surface area (Å²) in [4.78, 5) is 0. The molecular formula is C23H26F2O. The quantitative estimate of drug-likeness (QED) is 0.578. The highest BCUT2D eigenvalue weighted by Crippen LogP contribution is 2.44. The predicted molar refractivity (Wildman–Crippen MR) is 100 cm³/mol. The van der Waals surface area contributed by atoms with E-state index in [1.807, 2.05) is 0 Å². The fraction of sp³-hybridized carbons (Fsp3) is 0.478. The zero-order chi connectivity index (χ0) is 18.1. The summed E-state index contributed by atoms with van der Waals surface area (Å²) < 4.78 is 34.7. The van der Waals surface area contributed by atoms with Crippen molar-refractivity contribution in [3.63, 3.8) is 0 Å². The van der Waals surface area contributed by atoms with Gasteiger partial charge in [-0.15, -0.1) is 0 Å². The summed E-state index contributed by atoms with van der Waals surface area (Å²) >= 11 is 0. The Kier molecular flexibility index (Phi) is 4.97. The molecule has 0 N–H and O–H groups in total. The molecule has 2 aromatic carbocycles. The van der Waals surface area contributed by atoms with Gasteiger partial charge in [0.1, 0.15) is 5.75 Å². The monoisotopic (exact) mass is 356 g/mol. The molecule has 4 rings (SSSR count). The van der Waals surface area contributed by atoms with Crippen LogP contribution >= 0.6 is 0 Å². The maximum absolute atomic E-state index is 14.8. The van der Waals surface area contributed by atoms with Gasteiger partial charge in [0.25, 0.3) is 0 Å². The lowest BCUT2D eigenvalue weighted by atomic mass is 9.76. The Labute approximate surface area is 154 Å². The number of methoxy groups -OCH3 is 1. The normalized spacial score (nSPS) is 23.0. The number of halogens is 2. The molecule has 0 amide bonds. The highest BCUT2D eigenvalue weighted by molar-refractivity contribution is 5.65. The molecule has 2 fully saturated rings. The summed E-state index contributed by atoms with van der Waals surface area (Å²) in [5.41, 5.74) is 1.54. The summed E-state index contributed by atoms with van der Waals surface area (Å²) in [6, 6.07) is 10.6. The maximum atomic E-state index is 14.8. The Bertz CT molecular complexity index is 757. The van der Waals surface area contributed by atoms with Crippen molar-refractivity contribution in [2.24, 2.45) is 11.8 Å². The van der Waals surface area contributed by atoms with Gasteiger partial charge in [0.15, 0.2) is 11.6 Å². The standard InChI is InChI=1S/C23H26F2O/c1-26-19-10-8-18(9-11-19)21-13-12-20(22(24)23(21)25)17-6-4-16(5-7-17)14-15-2-3-15/h8-13,15-17H,2-7,14H2,1H3. The second-order valence-corrected chi connectivity index (χ2v) is 7.96. The molecule has 1 nitrogen and oxygen atoms in total. The van der Waals surface area contributed by atoms with Crippen LogP contribution in [0.15, 0.2) is 36.4 Å². The van der Waals surface area contributed by atoms with Crippen molar-refractivity contribution >= 4 is 0 Å². The third-order valence-corrected chi connectivity index (χ3v) is 6.16. The molecule has 0 unspecified atom stereocenters. The van der Waals surface area contributed by atoms with Gasteiger partial charge in [-0.05, 0) is 73.1 Å². The predicted octanol–water partition coefficient (Wildman–Crippen LogP) is 6.71. The molecule has 2 aliphatic carbocycles. The highest BCUT2D eigenvalue weighted by Gasteiger charge is 2.30. The van der Waals surface area contributed by atoms with Crippen LogP contribution in [-0.4, -0.2) is 7.11 Å². The first-order valence-electron chi connectivity index (χ1n) is 9.78.